The maximum Gasteiger partial charge on any atom is 0.573 e. The van der Waals surface area contributed by atoms with Crippen LogP contribution in [0, 0.1) is 29.1 Å². The first-order valence-electron chi connectivity index (χ1n) is 14.0. The number of ether oxygens (including phenoxy) is 2. The minimum atomic E-state index is -5.27. The van der Waals surface area contributed by atoms with Crippen LogP contribution in [0.2, 0.25) is 0 Å². The molecule has 0 heterocycles. The molecule has 5 aromatic carbocycles. The van der Waals surface area contributed by atoms with Gasteiger partial charge in [-0.25, -0.2) is 22.0 Å². The highest BCUT2D eigenvalue weighted by Gasteiger charge is 2.42. The summed E-state index contributed by atoms with van der Waals surface area (Å²) in [6, 6.07) is 17.1. The maximum atomic E-state index is 15.2. The molecule has 0 atom stereocenters. The van der Waals surface area contributed by atoms with Gasteiger partial charge in [-0.3, -0.25) is 0 Å². The van der Waals surface area contributed by atoms with Gasteiger partial charge < -0.3 is 9.47 Å². The van der Waals surface area contributed by atoms with Gasteiger partial charge in [-0.15, -0.1) is 13.2 Å². The molecule has 0 aliphatic carbocycles. The fourth-order valence-electron chi connectivity index (χ4n) is 4.96. The SMILES string of the molecule is CCCc1ccc(-c2ccc(-c3ccc(-c4cc(F)c(C(F)(F)Oc5ccc(OC(F)(F)F)c(F)c5)c(F)c4)c(F)c3)c(F)c2)cc1. The molecule has 0 saturated heterocycles. The van der Waals surface area contributed by atoms with Crippen molar-refractivity contribution in [2.75, 3.05) is 0 Å². The first-order valence-corrected chi connectivity index (χ1v) is 14.0. The zero-order valence-corrected chi connectivity index (χ0v) is 24.2. The Hall–Kier alpha value is -5.00. The average Bonchev–Trinajstić information content (AvgIpc) is 2.97. The summed E-state index contributed by atoms with van der Waals surface area (Å²) in [5.41, 5.74) is -0.136. The largest absolute Gasteiger partial charge is 0.573 e. The van der Waals surface area contributed by atoms with E-state index in [1.807, 2.05) is 24.3 Å². The lowest BCUT2D eigenvalue weighted by atomic mass is 9.96. The summed E-state index contributed by atoms with van der Waals surface area (Å²) in [4.78, 5) is 0. The van der Waals surface area contributed by atoms with Crippen LogP contribution >= 0.6 is 0 Å². The number of rotatable bonds is 9. The lowest BCUT2D eigenvalue weighted by Crippen LogP contribution is -2.25. The van der Waals surface area contributed by atoms with E-state index in [0.717, 1.165) is 36.1 Å². The molecule has 5 aromatic rings. The van der Waals surface area contributed by atoms with Crippen molar-refractivity contribution in [1.82, 2.24) is 0 Å². The van der Waals surface area contributed by atoms with Crippen molar-refractivity contribution in [3.05, 3.63) is 131 Å². The molecule has 0 aromatic heterocycles. The number of hydrogen-bond acceptors (Lipinski definition) is 2. The van der Waals surface area contributed by atoms with Crippen LogP contribution in [0.3, 0.4) is 0 Å². The third-order valence-corrected chi connectivity index (χ3v) is 7.09. The molecule has 0 aliphatic heterocycles. The maximum absolute atomic E-state index is 15.2. The fourth-order valence-corrected chi connectivity index (χ4v) is 4.96. The molecule has 0 amide bonds. The van der Waals surface area contributed by atoms with Gasteiger partial charge >= 0.3 is 12.5 Å². The first-order chi connectivity index (χ1) is 22.1. The van der Waals surface area contributed by atoms with Crippen LogP contribution in [-0.4, -0.2) is 6.36 Å². The number of halogens is 10. The second-order valence-corrected chi connectivity index (χ2v) is 10.4. The summed E-state index contributed by atoms with van der Waals surface area (Å²) in [6.45, 7) is 2.06. The van der Waals surface area contributed by atoms with E-state index in [1.165, 1.54) is 18.2 Å². The summed E-state index contributed by atoms with van der Waals surface area (Å²) >= 11 is 0. The van der Waals surface area contributed by atoms with Gasteiger partial charge in [-0.2, -0.15) is 8.78 Å². The zero-order valence-electron chi connectivity index (χ0n) is 24.2. The highest BCUT2D eigenvalue weighted by Crippen LogP contribution is 2.39. The van der Waals surface area contributed by atoms with E-state index in [9.17, 15) is 35.1 Å². The lowest BCUT2D eigenvalue weighted by molar-refractivity contribution is -0.275. The van der Waals surface area contributed by atoms with Crippen LogP contribution in [-0.2, 0) is 12.5 Å². The Balaban J connectivity index is 1.37. The van der Waals surface area contributed by atoms with Gasteiger partial charge in [0.05, 0.1) is 0 Å². The third-order valence-electron chi connectivity index (χ3n) is 7.09. The molecule has 5 rings (SSSR count). The van der Waals surface area contributed by atoms with Gasteiger partial charge in [0.2, 0.25) is 0 Å². The van der Waals surface area contributed by atoms with Gasteiger partial charge in [0.15, 0.2) is 11.6 Å². The lowest BCUT2D eigenvalue weighted by Gasteiger charge is -2.20. The monoisotopic (exact) mass is 664 g/mol. The standard InChI is InChI=1S/C35H22F10O2/c1-2-3-19-4-6-20(7-5-19)21-8-11-25(27(36)14-21)22-9-12-26(28(37)15-22)23-16-30(39)33(31(40)17-23)34(41,42)46-24-10-13-32(29(38)18-24)47-35(43,44)45/h4-18H,2-3H2,1H3. The minimum Gasteiger partial charge on any atom is -0.429 e. The highest BCUT2D eigenvalue weighted by molar-refractivity contribution is 5.74. The van der Waals surface area contributed by atoms with Crippen molar-refractivity contribution in [2.24, 2.45) is 0 Å². The molecule has 0 radical (unpaired) electrons. The van der Waals surface area contributed by atoms with Crippen molar-refractivity contribution in [3.63, 3.8) is 0 Å². The Bertz CT molecular complexity index is 1890. The van der Waals surface area contributed by atoms with E-state index in [1.54, 1.807) is 6.07 Å². The van der Waals surface area contributed by atoms with Crippen LogP contribution in [0.15, 0.2) is 91.0 Å². The molecule has 0 spiro atoms. The summed E-state index contributed by atoms with van der Waals surface area (Å²) in [7, 11) is 0. The van der Waals surface area contributed by atoms with Gasteiger partial charge in [-0.05, 0) is 70.6 Å². The number of hydrogen-bond donors (Lipinski definition) is 0. The predicted octanol–water partition coefficient (Wildman–Crippen LogP) is 11.4. The van der Waals surface area contributed by atoms with Crippen LogP contribution in [0.4, 0.5) is 43.9 Å². The van der Waals surface area contributed by atoms with Gasteiger partial charge in [-0.1, -0.05) is 61.9 Å². The molecular weight excluding hydrogens is 642 g/mol. The smallest absolute Gasteiger partial charge is 0.429 e. The van der Waals surface area contributed by atoms with Crippen LogP contribution in [0.25, 0.3) is 33.4 Å². The number of benzene rings is 5. The van der Waals surface area contributed by atoms with E-state index in [4.69, 9.17) is 0 Å². The molecule has 0 aliphatic rings. The predicted molar refractivity (Wildman–Crippen MR) is 154 cm³/mol. The molecule has 12 heteroatoms. The van der Waals surface area contributed by atoms with Crippen LogP contribution < -0.4 is 9.47 Å². The Labute approximate surface area is 261 Å². The van der Waals surface area contributed by atoms with Gasteiger partial charge in [0, 0.05) is 17.2 Å². The molecular formula is C35H22F10O2. The van der Waals surface area contributed by atoms with Crippen molar-refractivity contribution < 1.29 is 53.4 Å². The molecule has 0 bridgehead atoms. The second kappa shape index (κ2) is 13.0. The summed E-state index contributed by atoms with van der Waals surface area (Å²) < 4.78 is 148. The van der Waals surface area contributed by atoms with E-state index in [0.29, 0.717) is 29.8 Å². The molecule has 0 saturated carbocycles. The van der Waals surface area contributed by atoms with Gasteiger partial charge in [0.25, 0.3) is 0 Å². The molecule has 0 unspecified atom stereocenters. The third kappa shape index (κ3) is 7.53. The highest BCUT2D eigenvalue weighted by atomic mass is 19.4. The van der Waals surface area contributed by atoms with Crippen molar-refractivity contribution in [3.8, 4) is 44.9 Å². The van der Waals surface area contributed by atoms with Crippen LogP contribution in [0.5, 0.6) is 11.5 Å². The minimum absolute atomic E-state index is 0.0424. The van der Waals surface area contributed by atoms with Crippen molar-refractivity contribution >= 4 is 0 Å². The Morgan fingerprint density at radius 3 is 1.60 bits per heavy atom. The Kier molecular flexibility index (Phi) is 9.24. The summed E-state index contributed by atoms with van der Waals surface area (Å²) in [5.74, 6) is -9.58. The summed E-state index contributed by atoms with van der Waals surface area (Å²) in [6.07, 6.45) is -8.17. The second-order valence-electron chi connectivity index (χ2n) is 10.4. The quantitative estimate of drug-likeness (QED) is 0.146. The Morgan fingerprint density at radius 2 is 1.04 bits per heavy atom. The number of alkyl halides is 5. The Morgan fingerprint density at radius 1 is 0.511 bits per heavy atom. The van der Waals surface area contributed by atoms with E-state index in [-0.39, 0.29) is 17.2 Å². The molecule has 47 heavy (non-hydrogen) atoms. The van der Waals surface area contributed by atoms with E-state index in [2.05, 4.69) is 16.4 Å². The normalized spacial score (nSPS) is 11.9. The molecule has 0 N–H and O–H groups in total. The first kappa shape index (κ1) is 33.4. The fraction of sp³-hybridized carbons (Fsp3) is 0.143. The number of aryl methyl sites for hydroxylation is 1. The topological polar surface area (TPSA) is 18.5 Å². The average molecular weight is 665 g/mol. The van der Waals surface area contributed by atoms with Crippen molar-refractivity contribution in [2.45, 2.75) is 32.2 Å². The van der Waals surface area contributed by atoms with Gasteiger partial charge in [0.1, 0.15) is 34.6 Å². The molecule has 244 valence electrons. The van der Waals surface area contributed by atoms with Crippen LogP contribution in [0.1, 0.15) is 24.5 Å². The van der Waals surface area contributed by atoms with E-state index < -0.39 is 69.7 Å². The van der Waals surface area contributed by atoms with E-state index >= 15 is 8.78 Å². The van der Waals surface area contributed by atoms with Crippen molar-refractivity contribution in [1.29, 1.82) is 0 Å². The zero-order chi connectivity index (χ0) is 34.1. The summed E-state index contributed by atoms with van der Waals surface area (Å²) in [5, 5.41) is 0. The molecule has 0 fully saturated rings. The molecule has 2 nitrogen and oxygen atoms in total.